The highest BCUT2D eigenvalue weighted by Crippen LogP contribution is 2.35. The topological polar surface area (TPSA) is 63.4 Å². The van der Waals surface area contributed by atoms with Crippen LogP contribution >= 0.6 is 0 Å². The molecule has 1 unspecified atom stereocenters. The van der Waals surface area contributed by atoms with Gasteiger partial charge in [0, 0.05) is 19.6 Å². The Morgan fingerprint density at radius 3 is 2.82 bits per heavy atom. The summed E-state index contributed by atoms with van der Waals surface area (Å²) in [7, 11) is -3.18. The second-order valence-electron chi connectivity index (χ2n) is 4.51. The SMILES string of the molecule is Cc1cccc2c1N(CCN)CC(C)S2(=O)=O. The van der Waals surface area contributed by atoms with Crippen molar-refractivity contribution in [3.05, 3.63) is 23.8 Å². The average Bonchev–Trinajstić information content (AvgIpc) is 2.26. The second-order valence-corrected chi connectivity index (χ2v) is 6.85. The third-order valence-electron chi connectivity index (χ3n) is 3.23. The number of rotatable bonds is 2. The lowest BCUT2D eigenvalue weighted by Crippen LogP contribution is -2.43. The van der Waals surface area contributed by atoms with E-state index < -0.39 is 9.84 Å². The molecule has 1 aliphatic rings. The van der Waals surface area contributed by atoms with Crippen LogP contribution in [0.5, 0.6) is 0 Å². The first kappa shape index (κ1) is 12.4. The quantitative estimate of drug-likeness (QED) is 0.853. The molecule has 4 nitrogen and oxygen atoms in total. The highest BCUT2D eigenvalue weighted by Gasteiger charge is 2.34. The summed E-state index contributed by atoms with van der Waals surface area (Å²) in [4.78, 5) is 2.53. The van der Waals surface area contributed by atoms with Crippen LogP contribution < -0.4 is 10.6 Å². The molecule has 2 rings (SSSR count). The van der Waals surface area contributed by atoms with Gasteiger partial charge in [-0.3, -0.25) is 0 Å². The van der Waals surface area contributed by atoms with Crippen molar-refractivity contribution < 1.29 is 8.42 Å². The molecular formula is C12H18N2O2S. The molecule has 0 amide bonds. The summed E-state index contributed by atoms with van der Waals surface area (Å²) in [5.74, 6) is 0. The van der Waals surface area contributed by atoms with Gasteiger partial charge in [-0.1, -0.05) is 12.1 Å². The van der Waals surface area contributed by atoms with Gasteiger partial charge >= 0.3 is 0 Å². The Kier molecular flexibility index (Phi) is 3.14. The van der Waals surface area contributed by atoms with E-state index in [4.69, 9.17) is 5.73 Å². The van der Waals surface area contributed by atoms with Gasteiger partial charge in [0.25, 0.3) is 0 Å². The van der Waals surface area contributed by atoms with Crippen molar-refractivity contribution in [3.63, 3.8) is 0 Å². The van der Waals surface area contributed by atoms with E-state index in [1.165, 1.54) is 0 Å². The number of nitrogens with zero attached hydrogens (tertiary/aromatic N) is 1. The molecule has 0 aliphatic carbocycles. The van der Waals surface area contributed by atoms with Gasteiger partial charge in [0.1, 0.15) is 0 Å². The number of fused-ring (bicyclic) bond motifs is 1. The van der Waals surface area contributed by atoms with Crippen LogP contribution in [0.4, 0.5) is 5.69 Å². The molecule has 2 N–H and O–H groups in total. The molecule has 0 bridgehead atoms. The normalized spacial score (nSPS) is 22.3. The number of nitrogens with two attached hydrogens (primary N) is 1. The van der Waals surface area contributed by atoms with Crippen LogP contribution in [0.15, 0.2) is 23.1 Å². The first-order valence-corrected chi connectivity index (χ1v) is 7.31. The molecule has 1 aliphatic heterocycles. The van der Waals surface area contributed by atoms with E-state index in [1.807, 2.05) is 13.0 Å². The Morgan fingerprint density at radius 1 is 1.47 bits per heavy atom. The summed E-state index contributed by atoms with van der Waals surface area (Å²) >= 11 is 0. The van der Waals surface area contributed by atoms with Gasteiger partial charge < -0.3 is 10.6 Å². The van der Waals surface area contributed by atoms with Crippen LogP contribution in [0.2, 0.25) is 0 Å². The van der Waals surface area contributed by atoms with E-state index >= 15 is 0 Å². The summed E-state index contributed by atoms with van der Waals surface area (Å²) < 4.78 is 24.5. The van der Waals surface area contributed by atoms with Gasteiger partial charge in [-0.2, -0.15) is 0 Å². The van der Waals surface area contributed by atoms with Gasteiger partial charge in [-0.15, -0.1) is 0 Å². The molecular weight excluding hydrogens is 236 g/mol. The Morgan fingerprint density at radius 2 is 2.18 bits per heavy atom. The Hall–Kier alpha value is -1.07. The maximum absolute atomic E-state index is 12.2. The Bertz CT molecular complexity index is 525. The summed E-state index contributed by atoms with van der Waals surface area (Å²) in [6.45, 7) is 5.44. The molecule has 0 fully saturated rings. The van der Waals surface area contributed by atoms with E-state index in [0.29, 0.717) is 24.5 Å². The lowest BCUT2D eigenvalue weighted by Gasteiger charge is -2.35. The summed E-state index contributed by atoms with van der Waals surface area (Å²) in [5.41, 5.74) is 7.41. The van der Waals surface area contributed by atoms with Crippen LogP contribution in [0, 0.1) is 6.92 Å². The monoisotopic (exact) mass is 254 g/mol. The number of aryl methyl sites for hydroxylation is 1. The molecule has 17 heavy (non-hydrogen) atoms. The maximum atomic E-state index is 12.2. The first-order valence-electron chi connectivity index (χ1n) is 5.77. The largest absolute Gasteiger partial charge is 0.368 e. The van der Waals surface area contributed by atoms with E-state index in [-0.39, 0.29) is 5.25 Å². The summed E-state index contributed by atoms with van der Waals surface area (Å²) in [6, 6.07) is 5.43. The molecule has 94 valence electrons. The van der Waals surface area contributed by atoms with Crippen molar-refractivity contribution in [1.82, 2.24) is 0 Å². The zero-order valence-corrected chi connectivity index (χ0v) is 11.0. The van der Waals surface area contributed by atoms with Crippen molar-refractivity contribution in [1.29, 1.82) is 0 Å². The molecule has 1 aromatic carbocycles. The van der Waals surface area contributed by atoms with Crippen LogP contribution in [-0.2, 0) is 9.84 Å². The minimum absolute atomic E-state index is 0.372. The smallest absolute Gasteiger partial charge is 0.184 e. The Balaban J connectivity index is 2.63. The second kappa shape index (κ2) is 4.31. The zero-order chi connectivity index (χ0) is 12.6. The molecule has 0 spiro atoms. The highest BCUT2D eigenvalue weighted by molar-refractivity contribution is 7.92. The number of sulfone groups is 1. The van der Waals surface area contributed by atoms with E-state index in [9.17, 15) is 8.42 Å². The summed E-state index contributed by atoms with van der Waals surface area (Å²) in [5, 5.41) is -0.372. The van der Waals surface area contributed by atoms with Crippen molar-refractivity contribution in [2.24, 2.45) is 5.73 Å². The molecule has 1 heterocycles. The van der Waals surface area contributed by atoms with Crippen molar-refractivity contribution in [2.75, 3.05) is 24.5 Å². The zero-order valence-electron chi connectivity index (χ0n) is 10.2. The van der Waals surface area contributed by atoms with E-state index in [1.54, 1.807) is 19.1 Å². The predicted octanol–water partition coefficient (Wildman–Crippen LogP) is 0.936. The highest BCUT2D eigenvalue weighted by atomic mass is 32.2. The first-order chi connectivity index (χ1) is 7.98. The third-order valence-corrected chi connectivity index (χ3v) is 5.38. The fraction of sp³-hybridized carbons (Fsp3) is 0.500. The van der Waals surface area contributed by atoms with Crippen LogP contribution in [-0.4, -0.2) is 33.3 Å². The average molecular weight is 254 g/mol. The predicted molar refractivity (Wildman–Crippen MR) is 69.1 cm³/mol. The molecule has 1 atom stereocenters. The maximum Gasteiger partial charge on any atom is 0.184 e. The standard InChI is InChI=1S/C12H18N2O2S/c1-9-4-3-5-11-12(9)14(7-6-13)8-10(2)17(11,15)16/h3-5,10H,6-8,13H2,1-2H3. The number of benzene rings is 1. The van der Waals surface area contributed by atoms with Gasteiger partial charge in [0.05, 0.1) is 15.8 Å². The third kappa shape index (κ3) is 1.93. The van der Waals surface area contributed by atoms with Crippen molar-refractivity contribution in [2.45, 2.75) is 24.0 Å². The van der Waals surface area contributed by atoms with Crippen LogP contribution in [0.1, 0.15) is 12.5 Å². The van der Waals surface area contributed by atoms with Crippen LogP contribution in [0.3, 0.4) is 0 Å². The van der Waals surface area contributed by atoms with E-state index in [0.717, 1.165) is 11.3 Å². The van der Waals surface area contributed by atoms with Gasteiger partial charge in [0.15, 0.2) is 9.84 Å². The molecule has 0 saturated carbocycles. The minimum Gasteiger partial charge on any atom is -0.368 e. The molecule has 0 saturated heterocycles. The fourth-order valence-electron chi connectivity index (χ4n) is 2.34. The lowest BCUT2D eigenvalue weighted by atomic mass is 10.1. The van der Waals surface area contributed by atoms with Crippen molar-refractivity contribution in [3.8, 4) is 0 Å². The number of anilines is 1. The van der Waals surface area contributed by atoms with Crippen LogP contribution in [0.25, 0.3) is 0 Å². The molecule has 0 radical (unpaired) electrons. The molecule has 1 aromatic rings. The van der Waals surface area contributed by atoms with Gasteiger partial charge in [-0.05, 0) is 25.5 Å². The number of para-hydroxylation sites is 1. The Labute approximate surface area is 102 Å². The van der Waals surface area contributed by atoms with E-state index in [2.05, 4.69) is 4.90 Å². The number of hydrogen-bond acceptors (Lipinski definition) is 4. The molecule has 0 aromatic heterocycles. The van der Waals surface area contributed by atoms with Crippen molar-refractivity contribution >= 4 is 15.5 Å². The van der Waals surface area contributed by atoms with Gasteiger partial charge in [-0.25, -0.2) is 8.42 Å². The van der Waals surface area contributed by atoms with Gasteiger partial charge in [0.2, 0.25) is 0 Å². The number of hydrogen-bond donors (Lipinski definition) is 1. The lowest BCUT2D eigenvalue weighted by molar-refractivity contribution is 0.572. The summed E-state index contributed by atoms with van der Waals surface area (Å²) in [6.07, 6.45) is 0. The minimum atomic E-state index is -3.18. The molecule has 5 heteroatoms. The fourth-order valence-corrected chi connectivity index (χ4v) is 3.98.